The monoisotopic (exact) mass is 316 g/mol. The number of carbonyl (C=O) groups excluding carboxylic acids is 1. The van der Waals surface area contributed by atoms with Crippen LogP contribution in [0.25, 0.3) is 0 Å². The van der Waals surface area contributed by atoms with E-state index in [0.717, 1.165) is 0 Å². The molecule has 0 aliphatic carbocycles. The molecule has 2 rings (SSSR count). The molecule has 18 heavy (non-hydrogen) atoms. The van der Waals surface area contributed by atoms with Crippen molar-refractivity contribution in [3.05, 3.63) is 28.0 Å². The molecule has 0 radical (unpaired) electrons. The molecule has 1 fully saturated rings. The molecule has 0 saturated carbocycles. The first-order valence-corrected chi connectivity index (χ1v) is 6.47. The Morgan fingerprint density at radius 1 is 1.44 bits per heavy atom. The van der Waals surface area contributed by atoms with Crippen molar-refractivity contribution in [2.75, 3.05) is 31.6 Å². The highest BCUT2D eigenvalue weighted by molar-refractivity contribution is 9.10. The number of ether oxygens (including phenoxy) is 1. The number of hydrogen-bond donors (Lipinski definition) is 1. The molecule has 0 aromatic heterocycles. The summed E-state index contributed by atoms with van der Waals surface area (Å²) in [6, 6.07) is 3.04. The van der Waals surface area contributed by atoms with Crippen molar-refractivity contribution in [3.8, 4) is 0 Å². The first kappa shape index (κ1) is 13.3. The van der Waals surface area contributed by atoms with Crippen LogP contribution >= 0.6 is 15.9 Å². The van der Waals surface area contributed by atoms with Gasteiger partial charge in [-0.25, -0.2) is 9.18 Å². The molecule has 1 aliphatic heterocycles. The minimum Gasteiger partial charge on any atom is -0.378 e. The average molecular weight is 317 g/mol. The number of nitrogens with zero attached hydrogens (tertiary/aromatic N) is 1. The number of halogens is 2. The fourth-order valence-corrected chi connectivity index (χ4v) is 2.18. The summed E-state index contributed by atoms with van der Waals surface area (Å²) in [5.41, 5.74) is 0.915. The summed E-state index contributed by atoms with van der Waals surface area (Å²) in [5.74, 6) is -0.352. The Hall–Kier alpha value is -1.14. The Morgan fingerprint density at radius 3 is 2.78 bits per heavy atom. The summed E-state index contributed by atoms with van der Waals surface area (Å²) in [4.78, 5) is 13.6. The Balaban J connectivity index is 2.09. The van der Waals surface area contributed by atoms with Gasteiger partial charge in [0, 0.05) is 24.3 Å². The number of hydrogen-bond acceptors (Lipinski definition) is 2. The maximum Gasteiger partial charge on any atom is 0.322 e. The van der Waals surface area contributed by atoms with E-state index in [4.69, 9.17) is 4.74 Å². The minimum absolute atomic E-state index is 0.219. The topological polar surface area (TPSA) is 41.6 Å². The van der Waals surface area contributed by atoms with Crippen molar-refractivity contribution in [3.63, 3.8) is 0 Å². The highest BCUT2D eigenvalue weighted by atomic mass is 79.9. The first-order chi connectivity index (χ1) is 8.59. The SMILES string of the molecule is Cc1c(NC(=O)N2CCOCC2)ccc(Br)c1F. The van der Waals surface area contributed by atoms with Crippen LogP contribution in [-0.2, 0) is 4.74 Å². The first-order valence-electron chi connectivity index (χ1n) is 5.68. The lowest BCUT2D eigenvalue weighted by atomic mass is 10.2. The van der Waals surface area contributed by atoms with E-state index in [2.05, 4.69) is 21.2 Å². The third-order valence-corrected chi connectivity index (χ3v) is 3.49. The van der Waals surface area contributed by atoms with Gasteiger partial charge < -0.3 is 15.0 Å². The standard InChI is InChI=1S/C12H14BrFN2O2/c1-8-10(3-2-9(13)11(8)14)15-12(17)16-4-6-18-7-5-16/h2-3H,4-7H2,1H3,(H,15,17). The maximum atomic E-state index is 13.7. The average Bonchev–Trinajstić information content (AvgIpc) is 2.40. The second kappa shape index (κ2) is 5.67. The van der Waals surface area contributed by atoms with Gasteiger partial charge in [-0.05, 0) is 35.0 Å². The van der Waals surface area contributed by atoms with Gasteiger partial charge in [-0.15, -0.1) is 0 Å². The summed E-state index contributed by atoms with van der Waals surface area (Å²) in [6.45, 7) is 3.84. The smallest absolute Gasteiger partial charge is 0.322 e. The fourth-order valence-electron chi connectivity index (χ4n) is 1.75. The van der Waals surface area contributed by atoms with Crippen molar-refractivity contribution >= 4 is 27.6 Å². The molecule has 0 atom stereocenters. The molecule has 98 valence electrons. The van der Waals surface area contributed by atoms with Crippen LogP contribution in [0, 0.1) is 12.7 Å². The number of rotatable bonds is 1. The van der Waals surface area contributed by atoms with Crippen LogP contribution in [0.3, 0.4) is 0 Å². The van der Waals surface area contributed by atoms with E-state index in [9.17, 15) is 9.18 Å². The number of benzene rings is 1. The highest BCUT2D eigenvalue weighted by Gasteiger charge is 2.18. The third-order valence-electron chi connectivity index (χ3n) is 2.88. The van der Waals surface area contributed by atoms with E-state index in [1.165, 1.54) is 0 Å². The summed E-state index contributed by atoms with van der Waals surface area (Å²) in [6.07, 6.45) is 0. The van der Waals surface area contributed by atoms with E-state index in [0.29, 0.717) is 42.0 Å². The molecule has 2 amide bonds. The molecule has 1 N–H and O–H groups in total. The van der Waals surface area contributed by atoms with Gasteiger partial charge >= 0.3 is 6.03 Å². The van der Waals surface area contributed by atoms with Crippen LogP contribution in [0.4, 0.5) is 14.9 Å². The largest absolute Gasteiger partial charge is 0.378 e. The molecule has 6 heteroatoms. The molecule has 1 aromatic rings. The lowest BCUT2D eigenvalue weighted by Crippen LogP contribution is -2.43. The quantitative estimate of drug-likeness (QED) is 0.865. The molecule has 1 heterocycles. The zero-order chi connectivity index (χ0) is 13.1. The zero-order valence-corrected chi connectivity index (χ0v) is 11.6. The van der Waals surface area contributed by atoms with E-state index >= 15 is 0 Å². The van der Waals surface area contributed by atoms with Gasteiger partial charge in [-0.3, -0.25) is 0 Å². The van der Waals surface area contributed by atoms with Crippen LogP contribution in [-0.4, -0.2) is 37.2 Å². The van der Waals surface area contributed by atoms with Crippen molar-refractivity contribution in [1.82, 2.24) is 4.90 Å². The molecule has 0 unspecified atom stereocenters. The maximum absolute atomic E-state index is 13.7. The molecule has 4 nitrogen and oxygen atoms in total. The van der Waals surface area contributed by atoms with E-state index in [1.54, 1.807) is 24.0 Å². The molecule has 1 aliphatic rings. The molecular formula is C12H14BrFN2O2. The van der Waals surface area contributed by atoms with Crippen molar-refractivity contribution in [1.29, 1.82) is 0 Å². The Kier molecular flexibility index (Phi) is 4.19. The molecule has 1 aromatic carbocycles. The number of morpholine rings is 1. The zero-order valence-electron chi connectivity index (χ0n) is 10.0. The highest BCUT2D eigenvalue weighted by Crippen LogP contribution is 2.25. The summed E-state index contributed by atoms with van der Waals surface area (Å²) in [5, 5.41) is 2.72. The number of nitrogens with one attached hydrogen (secondary N) is 1. The Bertz CT molecular complexity index is 462. The lowest BCUT2D eigenvalue weighted by Gasteiger charge is -2.27. The summed E-state index contributed by atoms with van der Waals surface area (Å²) < 4.78 is 19.2. The van der Waals surface area contributed by atoms with Gasteiger partial charge in [0.05, 0.1) is 17.7 Å². The van der Waals surface area contributed by atoms with Gasteiger partial charge in [-0.1, -0.05) is 0 Å². The second-order valence-electron chi connectivity index (χ2n) is 4.06. The fraction of sp³-hybridized carbons (Fsp3) is 0.417. The van der Waals surface area contributed by atoms with Gasteiger partial charge in [0.1, 0.15) is 5.82 Å². The van der Waals surface area contributed by atoms with Gasteiger partial charge in [-0.2, -0.15) is 0 Å². The van der Waals surface area contributed by atoms with Crippen LogP contribution in [0.15, 0.2) is 16.6 Å². The lowest BCUT2D eigenvalue weighted by molar-refractivity contribution is 0.0564. The minimum atomic E-state index is -0.352. The van der Waals surface area contributed by atoms with E-state index < -0.39 is 0 Å². The molecule has 1 saturated heterocycles. The van der Waals surface area contributed by atoms with Crippen molar-refractivity contribution < 1.29 is 13.9 Å². The molecule has 0 bridgehead atoms. The molecule has 0 spiro atoms. The van der Waals surface area contributed by atoms with Gasteiger partial charge in [0.15, 0.2) is 0 Å². The second-order valence-corrected chi connectivity index (χ2v) is 4.92. The number of urea groups is 1. The summed E-state index contributed by atoms with van der Waals surface area (Å²) >= 11 is 3.11. The predicted octanol–water partition coefficient (Wildman–Crippen LogP) is 2.76. The van der Waals surface area contributed by atoms with Crippen molar-refractivity contribution in [2.24, 2.45) is 0 Å². The number of amides is 2. The normalized spacial score (nSPS) is 15.6. The van der Waals surface area contributed by atoms with E-state index in [1.807, 2.05) is 0 Å². The Morgan fingerprint density at radius 2 is 2.11 bits per heavy atom. The number of carbonyl (C=O) groups is 1. The van der Waals surface area contributed by atoms with Crippen LogP contribution in [0.1, 0.15) is 5.56 Å². The summed E-state index contributed by atoms with van der Waals surface area (Å²) in [7, 11) is 0. The third kappa shape index (κ3) is 2.81. The molecular weight excluding hydrogens is 303 g/mol. The van der Waals surface area contributed by atoms with Crippen LogP contribution < -0.4 is 5.32 Å². The number of anilines is 1. The van der Waals surface area contributed by atoms with Gasteiger partial charge in [0.25, 0.3) is 0 Å². The Labute approximate surface area is 113 Å². The van der Waals surface area contributed by atoms with Crippen molar-refractivity contribution in [2.45, 2.75) is 6.92 Å². The van der Waals surface area contributed by atoms with E-state index in [-0.39, 0.29) is 11.8 Å². The predicted molar refractivity (Wildman–Crippen MR) is 70.2 cm³/mol. The van der Waals surface area contributed by atoms with Crippen LogP contribution in [0.2, 0.25) is 0 Å². The van der Waals surface area contributed by atoms with Gasteiger partial charge in [0.2, 0.25) is 0 Å². The van der Waals surface area contributed by atoms with Crippen LogP contribution in [0.5, 0.6) is 0 Å².